The summed E-state index contributed by atoms with van der Waals surface area (Å²) in [6.45, 7) is 4.08. The maximum Gasteiger partial charge on any atom is 0.291 e. The molecule has 170 valence electrons. The van der Waals surface area contributed by atoms with Crippen molar-refractivity contribution in [2.24, 2.45) is 0 Å². The SMILES string of the molecule is Cc1nn(Cc2ccc(Cl)cc2)c(C)c1NC(=O)c1ccc(COc2ccc(F)cc2F)o1. The lowest BCUT2D eigenvalue weighted by Gasteiger charge is -2.07. The van der Waals surface area contributed by atoms with Crippen LogP contribution in [0.3, 0.4) is 0 Å². The van der Waals surface area contributed by atoms with Crippen LogP contribution < -0.4 is 10.1 Å². The van der Waals surface area contributed by atoms with E-state index in [4.69, 9.17) is 20.8 Å². The maximum atomic E-state index is 13.7. The molecule has 2 aromatic carbocycles. The minimum atomic E-state index is -0.818. The predicted molar refractivity (Wildman–Crippen MR) is 120 cm³/mol. The van der Waals surface area contributed by atoms with Crippen LogP contribution in [0.5, 0.6) is 5.75 Å². The molecule has 0 spiro atoms. The van der Waals surface area contributed by atoms with Gasteiger partial charge in [-0.2, -0.15) is 5.10 Å². The lowest BCUT2D eigenvalue weighted by atomic mass is 10.2. The Kier molecular flexibility index (Phi) is 6.46. The lowest BCUT2D eigenvalue weighted by molar-refractivity contribution is 0.0992. The van der Waals surface area contributed by atoms with E-state index in [-0.39, 0.29) is 18.1 Å². The van der Waals surface area contributed by atoms with Crippen LogP contribution in [-0.2, 0) is 13.2 Å². The molecule has 0 unspecified atom stereocenters. The quantitative estimate of drug-likeness (QED) is 0.364. The third-order valence-corrected chi connectivity index (χ3v) is 5.27. The molecule has 0 bridgehead atoms. The molecule has 0 radical (unpaired) electrons. The molecule has 0 fully saturated rings. The number of furan rings is 1. The molecule has 1 N–H and O–H groups in total. The van der Waals surface area contributed by atoms with Gasteiger partial charge in [0, 0.05) is 11.1 Å². The number of amides is 1. The zero-order chi connectivity index (χ0) is 23.5. The van der Waals surface area contributed by atoms with Crippen molar-refractivity contribution in [3.8, 4) is 5.75 Å². The number of benzene rings is 2. The number of aromatic nitrogens is 2. The number of rotatable bonds is 7. The molecule has 0 atom stereocenters. The summed E-state index contributed by atoms with van der Waals surface area (Å²) in [4.78, 5) is 12.7. The number of hydrogen-bond donors (Lipinski definition) is 1. The van der Waals surface area contributed by atoms with Gasteiger partial charge in [0.1, 0.15) is 18.2 Å². The fraction of sp³-hybridized carbons (Fsp3) is 0.167. The van der Waals surface area contributed by atoms with Crippen molar-refractivity contribution in [3.05, 3.63) is 99.7 Å². The highest BCUT2D eigenvalue weighted by Crippen LogP contribution is 2.23. The molecule has 4 rings (SSSR count). The van der Waals surface area contributed by atoms with Gasteiger partial charge in [-0.15, -0.1) is 0 Å². The number of nitrogens with one attached hydrogen (secondary N) is 1. The average Bonchev–Trinajstić information content (AvgIpc) is 3.35. The van der Waals surface area contributed by atoms with E-state index < -0.39 is 17.5 Å². The molecule has 6 nitrogen and oxygen atoms in total. The zero-order valence-corrected chi connectivity index (χ0v) is 18.6. The van der Waals surface area contributed by atoms with Gasteiger partial charge in [-0.1, -0.05) is 23.7 Å². The Bertz CT molecular complexity index is 1300. The van der Waals surface area contributed by atoms with Crippen molar-refractivity contribution in [2.45, 2.75) is 27.0 Å². The average molecular weight is 472 g/mol. The number of anilines is 1. The summed E-state index contributed by atoms with van der Waals surface area (Å²) in [5.41, 5.74) is 3.07. The van der Waals surface area contributed by atoms with Crippen LogP contribution in [0.25, 0.3) is 0 Å². The fourth-order valence-corrected chi connectivity index (χ4v) is 3.41. The molecule has 1 amide bonds. The van der Waals surface area contributed by atoms with Gasteiger partial charge in [0.25, 0.3) is 5.91 Å². The number of aryl methyl sites for hydroxylation is 1. The van der Waals surface area contributed by atoms with Crippen molar-refractivity contribution in [3.63, 3.8) is 0 Å². The minimum Gasteiger partial charge on any atom is -0.483 e. The molecule has 2 heterocycles. The maximum absolute atomic E-state index is 13.7. The van der Waals surface area contributed by atoms with E-state index in [0.717, 1.165) is 23.4 Å². The Morgan fingerprint density at radius 3 is 2.61 bits per heavy atom. The molecule has 0 aliphatic rings. The van der Waals surface area contributed by atoms with Crippen LogP contribution >= 0.6 is 11.6 Å². The van der Waals surface area contributed by atoms with Crippen LogP contribution in [-0.4, -0.2) is 15.7 Å². The summed E-state index contributed by atoms with van der Waals surface area (Å²) in [7, 11) is 0. The smallest absolute Gasteiger partial charge is 0.291 e. The van der Waals surface area contributed by atoms with Crippen LogP contribution in [0.2, 0.25) is 5.02 Å². The predicted octanol–water partition coefficient (Wildman–Crippen LogP) is 5.90. The first-order chi connectivity index (χ1) is 15.8. The van der Waals surface area contributed by atoms with Crippen LogP contribution in [0.4, 0.5) is 14.5 Å². The molecule has 2 aromatic heterocycles. The fourth-order valence-electron chi connectivity index (χ4n) is 3.29. The summed E-state index contributed by atoms with van der Waals surface area (Å²) in [6, 6.07) is 13.5. The van der Waals surface area contributed by atoms with Gasteiger partial charge >= 0.3 is 0 Å². The van der Waals surface area contributed by atoms with Crippen molar-refractivity contribution in [1.29, 1.82) is 0 Å². The lowest BCUT2D eigenvalue weighted by Crippen LogP contribution is -2.12. The van der Waals surface area contributed by atoms with Gasteiger partial charge in [-0.3, -0.25) is 9.48 Å². The molecule has 4 aromatic rings. The van der Waals surface area contributed by atoms with E-state index in [9.17, 15) is 13.6 Å². The van der Waals surface area contributed by atoms with Crippen LogP contribution in [0, 0.1) is 25.5 Å². The Morgan fingerprint density at radius 1 is 1.12 bits per heavy atom. The molecule has 0 aliphatic carbocycles. The molecule has 9 heteroatoms. The molecular formula is C24H20ClF2N3O3. The van der Waals surface area contributed by atoms with Gasteiger partial charge in [-0.25, -0.2) is 8.78 Å². The van der Waals surface area contributed by atoms with Crippen molar-refractivity contribution in [2.75, 3.05) is 5.32 Å². The number of carbonyl (C=O) groups excluding carboxylic acids is 1. The van der Waals surface area contributed by atoms with E-state index in [0.29, 0.717) is 28.7 Å². The van der Waals surface area contributed by atoms with E-state index in [1.165, 1.54) is 12.1 Å². The normalized spacial score (nSPS) is 10.9. The summed E-state index contributed by atoms with van der Waals surface area (Å²) >= 11 is 5.94. The van der Waals surface area contributed by atoms with E-state index >= 15 is 0 Å². The molecule has 0 saturated carbocycles. The molecule has 0 aliphatic heterocycles. The first-order valence-electron chi connectivity index (χ1n) is 10.1. The monoisotopic (exact) mass is 471 g/mol. The Hall–Kier alpha value is -3.65. The second-order valence-corrected chi connectivity index (χ2v) is 7.85. The highest BCUT2D eigenvalue weighted by atomic mass is 35.5. The first kappa shape index (κ1) is 22.5. The second-order valence-electron chi connectivity index (χ2n) is 7.41. The summed E-state index contributed by atoms with van der Waals surface area (Å²) in [5.74, 6) is -1.70. The standard InChI is InChI=1S/C24H20ClF2N3O3/c1-14-23(15(2)30(29-14)12-16-3-5-17(25)6-4-16)28-24(31)22-10-8-19(33-22)13-32-21-9-7-18(26)11-20(21)27/h3-11H,12-13H2,1-2H3,(H,28,31). The van der Waals surface area contributed by atoms with Crippen LogP contribution in [0.1, 0.15) is 33.3 Å². The number of ether oxygens (including phenoxy) is 1. The minimum absolute atomic E-state index is 0.0671. The summed E-state index contributed by atoms with van der Waals surface area (Å²) < 4.78 is 39.3. The first-order valence-corrected chi connectivity index (χ1v) is 10.4. The van der Waals surface area contributed by atoms with E-state index in [1.54, 1.807) is 17.7 Å². The molecule has 0 saturated heterocycles. The summed E-state index contributed by atoms with van der Waals surface area (Å²) in [5, 5.41) is 8.00. The van der Waals surface area contributed by atoms with Gasteiger partial charge < -0.3 is 14.5 Å². The number of carbonyl (C=O) groups is 1. The third-order valence-electron chi connectivity index (χ3n) is 5.01. The van der Waals surface area contributed by atoms with Gasteiger partial charge in [0.05, 0.1) is 23.6 Å². The van der Waals surface area contributed by atoms with E-state index in [2.05, 4.69) is 10.4 Å². The van der Waals surface area contributed by atoms with Crippen LogP contribution in [0.15, 0.2) is 59.0 Å². The Morgan fingerprint density at radius 2 is 1.88 bits per heavy atom. The number of nitrogens with zero attached hydrogens (tertiary/aromatic N) is 2. The highest BCUT2D eigenvalue weighted by Gasteiger charge is 2.18. The summed E-state index contributed by atoms with van der Waals surface area (Å²) in [6.07, 6.45) is 0. The van der Waals surface area contributed by atoms with Gasteiger partial charge in [0.15, 0.2) is 17.3 Å². The van der Waals surface area contributed by atoms with E-state index in [1.807, 2.05) is 31.2 Å². The van der Waals surface area contributed by atoms with Gasteiger partial charge in [-0.05, 0) is 55.8 Å². The Balaban J connectivity index is 1.42. The topological polar surface area (TPSA) is 69.3 Å². The van der Waals surface area contributed by atoms with Gasteiger partial charge in [0.2, 0.25) is 0 Å². The molecular weight excluding hydrogens is 452 g/mol. The zero-order valence-electron chi connectivity index (χ0n) is 17.9. The third kappa shape index (κ3) is 5.23. The van der Waals surface area contributed by atoms with Crippen molar-refractivity contribution < 1.29 is 22.7 Å². The largest absolute Gasteiger partial charge is 0.483 e. The second kappa shape index (κ2) is 9.46. The Labute approximate surface area is 193 Å². The van der Waals surface area contributed by atoms with Crippen molar-refractivity contribution >= 4 is 23.2 Å². The molecule has 33 heavy (non-hydrogen) atoms. The number of hydrogen-bond acceptors (Lipinski definition) is 4. The highest BCUT2D eigenvalue weighted by molar-refractivity contribution is 6.30. The number of halogens is 3. The van der Waals surface area contributed by atoms with Crippen molar-refractivity contribution in [1.82, 2.24) is 9.78 Å².